The summed E-state index contributed by atoms with van der Waals surface area (Å²) in [6.07, 6.45) is 2.11. The molecule has 1 rings (SSSR count). The van der Waals surface area contributed by atoms with E-state index >= 15 is 0 Å². The average molecular weight is 236 g/mol. The molecule has 0 aliphatic carbocycles. The van der Waals surface area contributed by atoms with Crippen LogP contribution in [-0.2, 0) is 0 Å². The van der Waals surface area contributed by atoms with Gasteiger partial charge >= 0.3 is 0 Å². The molecule has 0 aliphatic heterocycles. The molecule has 17 heavy (non-hydrogen) atoms. The van der Waals surface area contributed by atoms with Crippen LogP contribution >= 0.6 is 0 Å². The topological polar surface area (TPSA) is 35.5 Å². The molecular formula is C14H24N2O. The first-order chi connectivity index (χ1) is 8.15. The Bertz CT molecular complexity index is 326. The van der Waals surface area contributed by atoms with Crippen LogP contribution in [0.5, 0.6) is 5.75 Å². The number of phenols is 1. The van der Waals surface area contributed by atoms with E-state index in [0.29, 0.717) is 5.75 Å². The van der Waals surface area contributed by atoms with Crippen LogP contribution in [0.2, 0.25) is 0 Å². The highest BCUT2D eigenvalue weighted by molar-refractivity contribution is 5.34. The molecule has 3 heteroatoms. The normalized spacial score (nSPS) is 12.9. The lowest BCUT2D eigenvalue weighted by molar-refractivity contribution is 0.382. The number of hydrogen-bond acceptors (Lipinski definition) is 3. The second-order valence-electron chi connectivity index (χ2n) is 4.63. The third-order valence-electron chi connectivity index (χ3n) is 2.89. The number of para-hydroxylation sites is 1. The van der Waals surface area contributed by atoms with E-state index in [9.17, 15) is 5.11 Å². The number of aromatic hydroxyl groups is 1. The first kappa shape index (κ1) is 14.0. The largest absolute Gasteiger partial charge is 0.508 e. The molecule has 1 atom stereocenters. The van der Waals surface area contributed by atoms with Crippen molar-refractivity contribution in [1.82, 2.24) is 10.2 Å². The fourth-order valence-corrected chi connectivity index (χ4v) is 1.93. The molecule has 0 bridgehead atoms. The molecule has 1 aromatic rings. The first-order valence-electron chi connectivity index (χ1n) is 6.31. The maximum absolute atomic E-state index is 9.81. The van der Waals surface area contributed by atoms with Crippen LogP contribution in [0, 0.1) is 0 Å². The zero-order valence-electron chi connectivity index (χ0n) is 11.1. The van der Waals surface area contributed by atoms with Gasteiger partial charge in [0, 0.05) is 11.6 Å². The van der Waals surface area contributed by atoms with Crippen molar-refractivity contribution in [2.75, 3.05) is 27.2 Å². The maximum Gasteiger partial charge on any atom is 0.120 e. The summed E-state index contributed by atoms with van der Waals surface area (Å²) in [6, 6.07) is 7.82. The average Bonchev–Trinajstić information content (AvgIpc) is 2.30. The maximum atomic E-state index is 9.81. The van der Waals surface area contributed by atoms with Crippen molar-refractivity contribution < 1.29 is 5.11 Å². The van der Waals surface area contributed by atoms with Crippen LogP contribution in [0.15, 0.2) is 24.3 Å². The molecule has 0 aliphatic rings. The minimum Gasteiger partial charge on any atom is -0.508 e. The lowest BCUT2D eigenvalue weighted by Gasteiger charge is -2.19. The number of benzene rings is 1. The predicted octanol–water partition coefficient (Wildman–Crippen LogP) is 2.38. The summed E-state index contributed by atoms with van der Waals surface area (Å²) in [5.41, 5.74) is 1.000. The number of rotatable bonds is 7. The van der Waals surface area contributed by atoms with Gasteiger partial charge in [0.2, 0.25) is 0 Å². The number of hydrogen-bond donors (Lipinski definition) is 2. The van der Waals surface area contributed by atoms with Crippen LogP contribution in [0.4, 0.5) is 0 Å². The smallest absolute Gasteiger partial charge is 0.120 e. The van der Waals surface area contributed by atoms with E-state index in [1.54, 1.807) is 6.07 Å². The molecule has 0 amide bonds. The van der Waals surface area contributed by atoms with Crippen LogP contribution in [0.3, 0.4) is 0 Å². The Balaban J connectivity index is 2.46. The summed E-state index contributed by atoms with van der Waals surface area (Å²) >= 11 is 0. The highest BCUT2D eigenvalue weighted by Gasteiger charge is 2.11. The Labute approximate surface area is 104 Å². The van der Waals surface area contributed by atoms with Gasteiger partial charge in [-0.3, -0.25) is 0 Å². The minimum atomic E-state index is 0.248. The monoisotopic (exact) mass is 236 g/mol. The van der Waals surface area contributed by atoms with Crippen molar-refractivity contribution in [3.63, 3.8) is 0 Å². The summed E-state index contributed by atoms with van der Waals surface area (Å²) in [4.78, 5) is 2.18. The van der Waals surface area contributed by atoms with Gasteiger partial charge in [0.15, 0.2) is 0 Å². The van der Waals surface area contributed by atoms with E-state index in [2.05, 4.69) is 31.2 Å². The molecule has 0 spiro atoms. The van der Waals surface area contributed by atoms with Crippen LogP contribution in [0.1, 0.15) is 31.4 Å². The van der Waals surface area contributed by atoms with E-state index < -0.39 is 0 Å². The Morgan fingerprint density at radius 1 is 1.29 bits per heavy atom. The van der Waals surface area contributed by atoms with Gasteiger partial charge < -0.3 is 15.3 Å². The summed E-state index contributed by atoms with van der Waals surface area (Å²) in [7, 11) is 4.17. The minimum absolute atomic E-state index is 0.248. The molecule has 1 aromatic carbocycles. The Kier molecular flexibility index (Phi) is 6.01. The molecule has 0 aromatic heterocycles. The third-order valence-corrected chi connectivity index (χ3v) is 2.89. The zero-order valence-corrected chi connectivity index (χ0v) is 11.1. The summed E-state index contributed by atoms with van der Waals surface area (Å²) < 4.78 is 0. The fourth-order valence-electron chi connectivity index (χ4n) is 1.93. The van der Waals surface area contributed by atoms with Crippen molar-refractivity contribution in [2.24, 2.45) is 0 Å². The molecule has 0 fully saturated rings. The quantitative estimate of drug-likeness (QED) is 0.714. The van der Waals surface area contributed by atoms with Crippen molar-refractivity contribution in [3.05, 3.63) is 29.8 Å². The van der Waals surface area contributed by atoms with Gasteiger partial charge in [0.25, 0.3) is 0 Å². The van der Waals surface area contributed by atoms with Crippen molar-refractivity contribution in [1.29, 1.82) is 0 Å². The number of phenolic OH excluding ortho intramolecular Hbond substituents is 1. The molecular weight excluding hydrogens is 212 g/mol. The first-order valence-corrected chi connectivity index (χ1v) is 6.31. The van der Waals surface area contributed by atoms with Gasteiger partial charge in [-0.05, 0) is 46.1 Å². The van der Waals surface area contributed by atoms with Crippen molar-refractivity contribution in [3.8, 4) is 5.75 Å². The molecule has 0 radical (unpaired) electrons. The second-order valence-corrected chi connectivity index (χ2v) is 4.63. The van der Waals surface area contributed by atoms with Crippen molar-refractivity contribution in [2.45, 2.75) is 25.8 Å². The molecule has 0 saturated carbocycles. The predicted molar refractivity (Wildman–Crippen MR) is 72.3 cm³/mol. The molecule has 0 heterocycles. The van der Waals surface area contributed by atoms with Gasteiger partial charge in [-0.15, -0.1) is 0 Å². The van der Waals surface area contributed by atoms with E-state index in [4.69, 9.17) is 0 Å². The Morgan fingerprint density at radius 3 is 2.59 bits per heavy atom. The Hall–Kier alpha value is -1.06. The van der Waals surface area contributed by atoms with Crippen LogP contribution in [-0.4, -0.2) is 37.2 Å². The number of nitrogens with zero attached hydrogens (tertiary/aromatic N) is 1. The highest BCUT2D eigenvalue weighted by atomic mass is 16.3. The fraction of sp³-hybridized carbons (Fsp3) is 0.571. The van der Waals surface area contributed by atoms with E-state index in [-0.39, 0.29) is 6.04 Å². The van der Waals surface area contributed by atoms with Crippen LogP contribution < -0.4 is 5.32 Å². The van der Waals surface area contributed by atoms with E-state index in [0.717, 1.165) is 31.5 Å². The molecule has 0 saturated heterocycles. The molecule has 96 valence electrons. The second kappa shape index (κ2) is 7.30. The summed E-state index contributed by atoms with van der Waals surface area (Å²) in [5.74, 6) is 0.388. The Morgan fingerprint density at radius 2 is 2.00 bits per heavy atom. The lowest BCUT2D eigenvalue weighted by Crippen LogP contribution is -2.25. The van der Waals surface area contributed by atoms with E-state index in [1.165, 1.54) is 0 Å². The van der Waals surface area contributed by atoms with Crippen molar-refractivity contribution >= 4 is 0 Å². The van der Waals surface area contributed by atoms with Crippen LogP contribution in [0.25, 0.3) is 0 Å². The van der Waals surface area contributed by atoms with E-state index in [1.807, 2.05) is 18.2 Å². The van der Waals surface area contributed by atoms with Gasteiger partial charge in [-0.2, -0.15) is 0 Å². The summed E-state index contributed by atoms with van der Waals surface area (Å²) in [5, 5.41) is 13.3. The molecule has 3 nitrogen and oxygen atoms in total. The zero-order chi connectivity index (χ0) is 12.7. The lowest BCUT2D eigenvalue weighted by atomic mass is 10.0. The van der Waals surface area contributed by atoms with Gasteiger partial charge in [-0.1, -0.05) is 25.1 Å². The summed E-state index contributed by atoms with van der Waals surface area (Å²) in [6.45, 7) is 4.20. The number of nitrogens with one attached hydrogen (secondary N) is 1. The SMILES string of the molecule is CCC(NCCCN(C)C)c1ccccc1O. The standard InChI is InChI=1S/C14H24N2O/c1-4-13(15-10-7-11-16(2)3)12-8-5-6-9-14(12)17/h5-6,8-9,13,15,17H,4,7,10-11H2,1-3H3. The van der Waals surface area contributed by atoms with Gasteiger partial charge in [0.05, 0.1) is 0 Å². The highest BCUT2D eigenvalue weighted by Crippen LogP contribution is 2.25. The molecule has 1 unspecified atom stereocenters. The van der Waals surface area contributed by atoms with Gasteiger partial charge in [-0.25, -0.2) is 0 Å². The van der Waals surface area contributed by atoms with Gasteiger partial charge in [0.1, 0.15) is 5.75 Å². The molecule has 2 N–H and O–H groups in total. The third kappa shape index (κ3) is 4.75.